The Hall–Kier alpha value is -0.0800. The topological polar surface area (TPSA) is 12.5 Å². The molecule has 1 atom stereocenters. The number of nitrogens with zero attached hydrogens (tertiary/aromatic N) is 1. The van der Waals surface area contributed by atoms with Crippen molar-refractivity contribution in [3.63, 3.8) is 0 Å². The Morgan fingerprint density at radius 2 is 2.40 bits per heavy atom. The molecule has 0 saturated carbocycles. The average molecular weight is 143 g/mol. The van der Waals surface area contributed by atoms with Gasteiger partial charge in [-0.3, -0.25) is 4.84 Å². The van der Waals surface area contributed by atoms with Crippen molar-refractivity contribution in [1.82, 2.24) is 5.06 Å². The quantitative estimate of drug-likeness (QED) is 0.596. The van der Waals surface area contributed by atoms with Crippen molar-refractivity contribution in [2.75, 3.05) is 19.7 Å². The van der Waals surface area contributed by atoms with E-state index >= 15 is 0 Å². The van der Waals surface area contributed by atoms with Crippen LogP contribution in [0.25, 0.3) is 0 Å². The Morgan fingerprint density at radius 1 is 1.60 bits per heavy atom. The maximum atomic E-state index is 5.40. The van der Waals surface area contributed by atoms with Crippen LogP contribution in [0.1, 0.15) is 26.7 Å². The van der Waals surface area contributed by atoms with Gasteiger partial charge in [-0.05, 0) is 12.3 Å². The van der Waals surface area contributed by atoms with Gasteiger partial charge in [0.15, 0.2) is 0 Å². The summed E-state index contributed by atoms with van der Waals surface area (Å²) < 4.78 is 0. The molecule has 0 bridgehead atoms. The molecule has 1 rings (SSSR count). The zero-order chi connectivity index (χ0) is 7.40. The SMILES string of the molecule is CCCCN1C[C@@H](C)CO1. The Bertz CT molecular complexity index is 95.3. The van der Waals surface area contributed by atoms with Crippen LogP contribution in [0.15, 0.2) is 0 Å². The van der Waals surface area contributed by atoms with E-state index in [4.69, 9.17) is 4.84 Å². The first-order valence-electron chi connectivity index (χ1n) is 4.20. The first-order chi connectivity index (χ1) is 4.83. The lowest BCUT2D eigenvalue weighted by molar-refractivity contribution is -0.110. The summed E-state index contributed by atoms with van der Waals surface area (Å²) in [4.78, 5) is 5.40. The summed E-state index contributed by atoms with van der Waals surface area (Å²) in [6, 6.07) is 0. The average Bonchev–Trinajstić information content (AvgIpc) is 2.31. The third-order valence-electron chi connectivity index (χ3n) is 1.82. The Kier molecular flexibility index (Phi) is 3.16. The number of hydroxylamine groups is 2. The first kappa shape index (κ1) is 8.02. The van der Waals surface area contributed by atoms with Gasteiger partial charge in [0.05, 0.1) is 6.61 Å². The van der Waals surface area contributed by atoms with Crippen LogP contribution < -0.4 is 0 Å². The first-order valence-corrected chi connectivity index (χ1v) is 4.20. The van der Waals surface area contributed by atoms with Gasteiger partial charge in [0.25, 0.3) is 0 Å². The van der Waals surface area contributed by atoms with Gasteiger partial charge in [-0.25, -0.2) is 0 Å². The van der Waals surface area contributed by atoms with Crippen molar-refractivity contribution >= 4 is 0 Å². The molecule has 1 aliphatic heterocycles. The molecule has 1 aliphatic rings. The lowest BCUT2D eigenvalue weighted by Crippen LogP contribution is -2.19. The molecule has 1 saturated heterocycles. The van der Waals surface area contributed by atoms with Gasteiger partial charge in [-0.2, -0.15) is 5.06 Å². The molecule has 60 valence electrons. The van der Waals surface area contributed by atoms with Gasteiger partial charge < -0.3 is 0 Å². The monoisotopic (exact) mass is 143 g/mol. The Balaban J connectivity index is 2.06. The maximum absolute atomic E-state index is 5.40. The molecule has 0 aromatic heterocycles. The number of rotatable bonds is 3. The molecule has 0 amide bonds. The van der Waals surface area contributed by atoms with E-state index in [1.54, 1.807) is 0 Å². The fourth-order valence-corrected chi connectivity index (χ4v) is 1.18. The van der Waals surface area contributed by atoms with E-state index in [0.717, 1.165) is 25.6 Å². The minimum Gasteiger partial charge on any atom is -0.299 e. The van der Waals surface area contributed by atoms with Crippen LogP contribution in [0.5, 0.6) is 0 Å². The zero-order valence-electron chi connectivity index (χ0n) is 6.97. The second-order valence-corrected chi connectivity index (χ2v) is 3.14. The highest BCUT2D eigenvalue weighted by atomic mass is 16.7. The van der Waals surface area contributed by atoms with Gasteiger partial charge in [0.2, 0.25) is 0 Å². The van der Waals surface area contributed by atoms with Crippen LogP contribution in [-0.4, -0.2) is 24.8 Å². The molecule has 0 radical (unpaired) electrons. The predicted octanol–water partition coefficient (Wildman–Crippen LogP) is 1.67. The molecule has 0 aromatic rings. The smallest absolute Gasteiger partial charge is 0.0723 e. The lowest BCUT2D eigenvalue weighted by Gasteiger charge is -2.11. The number of hydrogen-bond donors (Lipinski definition) is 0. The van der Waals surface area contributed by atoms with Crippen molar-refractivity contribution in [3.8, 4) is 0 Å². The molecular formula is C8H17NO. The third kappa shape index (κ3) is 2.27. The van der Waals surface area contributed by atoms with Gasteiger partial charge in [0, 0.05) is 13.1 Å². The maximum Gasteiger partial charge on any atom is 0.0723 e. The summed E-state index contributed by atoms with van der Waals surface area (Å²) in [6.45, 7) is 7.59. The molecule has 2 nitrogen and oxygen atoms in total. The lowest BCUT2D eigenvalue weighted by atomic mass is 10.2. The van der Waals surface area contributed by atoms with Gasteiger partial charge in [0.1, 0.15) is 0 Å². The minimum atomic E-state index is 0.733. The van der Waals surface area contributed by atoms with Crippen molar-refractivity contribution < 1.29 is 4.84 Å². The van der Waals surface area contributed by atoms with Crippen LogP contribution in [-0.2, 0) is 4.84 Å². The van der Waals surface area contributed by atoms with Crippen molar-refractivity contribution in [3.05, 3.63) is 0 Å². The molecule has 1 heterocycles. The summed E-state index contributed by atoms with van der Waals surface area (Å²) in [7, 11) is 0. The van der Waals surface area contributed by atoms with E-state index in [1.165, 1.54) is 12.8 Å². The molecular weight excluding hydrogens is 126 g/mol. The number of unbranched alkanes of at least 4 members (excludes halogenated alkanes) is 1. The van der Waals surface area contributed by atoms with Gasteiger partial charge >= 0.3 is 0 Å². The highest BCUT2D eigenvalue weighted by Crippen LogP contribution is 2.11. The Labute approximate surface area is 63.1 Å². The van der Waals surface area contributed by atoms with E-state index in [-0.39, 0.29) is 0 Å². The molecule has 0 N–H and O–H groups in total. The molecule has 0 spiro atoms. The standard InChI is InChI=1S/C8H17NO/c1-3-4-5-9-6-8(2)7-10-9/h8H,3-7H2,1-2H3/t8-/m1/s1. The van der Waals surface area contributed by atoms with E-state index in [2.05, 4.69) is 18.9 Å². The van der Waals surface area contributed by atoms with Crippen LogP contribution in [0.3, 0.4) is 0 Å². The summed E-state index contributed by atoms with van der Waals surface area (Å²) in [5.41, 5.74) is 0. The summed E-state index contributed by atoms with van der Waals surface area (Å²) in [6.07, 6.45) is 2.51. The minimum absolute atomic E-state index is 0.733. The van der Waals surface area contributed by atoms with Crippen LogP contribution >= 0.6 is 0 Å². The van der Waals surface area contributed by atoms with E-state index < -0.39 is 0 Å². The molecule has 0 unspecified atom stereocenters. The highest BCUT2D eigenvalue weighted by molar-refractivity contribution is 4.60. The van der Waals surface area contributed by atoms with E-state index in [9.17, 15) is 0 Å². The van der Waals surface area contributed by atoms with Crippen molar-refractivity contribution in [2.45, 2.75) is 26.7 Å². The van der Waals surface area contributed by atoms with E-state index in [0.29, 0.717) is 0 Å². The van der Waals surface area contributed by atoms with E-state index in [1.807, 2.05) is 0 Å². The van der Waals surface area contributed by atoms with Crippen molar-refractivity contribution in [1.29, 1.82) is 0 Å². The highest BCUT2D eigenvalue weighted by Gasteiger charge is 2.18. The fraction of sp³-hybridized carbons (Fsp3) is 1.00. The number of hydrogen-bond acceptors (Lipinski definition) is 2. The van der Waals surface area contributed by atoms with Crippen molar-refractivity contribution in [2.24, 2.45) is 5.92 Å². The van der Waals surface area contributed by atoms with Crippen LogP contribution in [0.2, 0.25) is 0 Å². The van der Waals surface area contributed by atoms with Gasteiger partial charge in [-0.15, -0.1) is 0 Å². The molecule has 10 heavy (non-hydrogen) atoms. The normalized spacial score (nSPS) is 27.6. The molecule has 2 heteroatoms. The van der Waals surface area contributed by atoms with Gasteiger partial charge in [-0.1, -0.05) is 20.3 Å². The van der Waals surface area contributed by atoms with Crippen LogP contribution in [0, 0.1) is 5.92 Å². The largest absolute Gasteiger partial charge is 0.299 e. The third-order valence-corrected chi connectivity index (χ3v) is 1.82. The predicted molar refractivity (Wildman–Crippen MR) is 41.6 cm³/mol. The molecule has 1 fully saturated rings. The summed E-state index contributed by atoms with van der Waals surface area (Å²) in [5.74, 6) is 0.733. The zero-order valence-corrected chi connectivity index (χ0v) is 6.97. The second kappa shape index (κ2) is 3.94. The second-order valence-electron chi connectivity index (χ2n) is 3.14. The van der Waals surface area contributed by atoms with Crippen LogP contribution in [0.4, 0.5) is 0 Å². The summed E-state index contributed by atoms with van der Waals surface area (Å²) >= 11 is 0. The Morgan fingerprint density at radius 3 is 2.90 bits per heavy atom. The molecule has 0 aromatic carbocycles. The molecule has 0 aliphatic carbocycles. The fourth-order valence-electron chi connectivity index (χ4n) is 1.18. The summed E-state index contributed by atoms with van der Waals surface area (Å²) in [5, 5.41) is 2.09.